The zero-order valence-electron chi connectivity index (χ0n) is 15.1. The highest BCUT2D eigenvalue weighted by atomic mass is 32.1. The van der Waals surface area contributed by atoms with Crippen molar-refractivity contribution in [3.63, 3.8) is 0 Å². The van der Waals surface area contributed by atoms with Gasteiger partial charge in [0, 0.05) is 5.38 Å². The van der Waals surface area contributed by atoms with E-state index in [4.69, 9.17) is 5.73 Å². The molecule has 0 saturated heterocycles. The fraction of sp³-hybridized carbons (Fsp3) is 0.273. The molecular weight excluding hydrogens is 354 g/mol. The average molecular weight is 378 g/mol. The Morgan fingerprint density at radius 2 is 1.96 bits per heavy atom. The van der Waals surface area contributed by atoms with Crippen molar-refractivity contribution < 1.29 is 4.79 Å². The lowest BCUT2D eigenvalue weighted by Crippen LogP contribution is -2.31. The molecule has 0 fully saturated rings. The maximum Gasteiger partial charge on any atom is 0.271 e. The van der Waals surface area contributed by atoms with Crippen LogP contribution in [0.1, 0.15) is 57.1 Å². The van der Waals surface area contributed by atoms with Gasteiger partial charge in [0.1, 0.15) is 10.7 Å². The number of fused-ring (bicyclic) bond motifs is 1. The Kier molecular flexibility index (Phi) is 5.32. The summed E-state index contributed by atoms with van der Waals surface area (Å²) in [6.45, 7) is 0. The Morgan fingerprint density at radius 3 is 2.81 bits per heavy atom. The molecule has 27 heavy (non-hydrogen) atoms. The van der Waals surface area contributed by atoms with E-state index in [2.05, 4.69) is 40.6 Å². The van der Waals surface area contributed by atoms with Gasteiger partial charge < -0.3 is 11.1 Å². The van der Waals surface area contributed by atoms with E-state index in [9.17, 15) is 4.79 Å². The normalized spacial score (nSPS) is 17.1. The molecule has 138 valence electrons. The van der Waals surface area contributed by atoms with Crippen LogP contribution < -0.4 is 11.1 Å². The van der Waals surface area contributed by atoms with Crippen molar-refractivity contribution in [1.82, 2.24) is 10.3 Å². The van der Waals surface area contributed by atoms with Gasteiger partial charge in [-0.25, -0.2) is 4.98 Å². The molecule has 1 heterocycles. The number of hydrogen-bond donors (Lipinski definition) is 2. The van der Waals surface area contributed by atoms with E-state index in [1.165, 1.54) is 28.0 Å². The summed E-state index contributed by atoms with van der Waals surface area (Å²) in [5.74, 6) is -0.119. The van der Waals surface area contributed by atoms with Crippen LogP contribution in [0.2, 0.25) is 0 Å². The number of nitrogens with two attached hydrogens (primary N) is 1. The molecule has 2 aromatic carbocycles. The molecule has 1 aromatic heterocycles. The van der Waals surface area contributed by atoms with Crippen LogP contribution in [-0.4, -0.2) is 10.9 Å². The van der Waals surface area contributed by atoms with Crippen LogP contribution in [0.4, 0.5) is 0 Å². The molecule has 0 radical (unpaired) electrons. The van der Waals surface area contributed by atoms with Crippen LogP contribution in [-0.2, 0) is 12.8 Å². The molecule has 2 atom stereocenters. The average Bonchev–Trinajstić information content (AvgIpc) is 3.20. The first kappa shape index (κ1) is 17.9. The number of benzene rings is 2. The SMILES string of the molecule is NC(Cc1ccccc1)c1nc(C(=O)NC2CCCc3ccccc32)cs1. The molecule has 0 spiro atoms. The molecule has 1 aliphatic carbocycles. The summed E-state index contributed by atoms with van der Waals surface area (Å²) in [7, 11) is 0. The van der Waals surface area contributed by atoms with Crippen molar-refractivity contribution in [3.8, 4) is 0 Å². The van der Waals surface area contributed by atoms with Gasteiger partial charge in [0.05, 0.1) is 12.1 Å². The lowest BCUT2D eigenvalue weighted by atomic mass is 9.88. The highest BCUT2D eigenvalue weighted by Crippen LogP contribution is 2.30. The molecule has 1 aliphatic rings. The first-order chi connectivity index (χ1) is 13.2. The van der Waals surface area contributed by atoms with E-state index < -0.39 is 0 Å². The smallest absolute Gasteiger partial charge is 0.271 e. The zero-order valence-corrected chi connectivity index (χ0v) is 15.9. The van der Waals surface area contributed by atoms with E-state index >= 15 is 0 Å². The maximum atomic E-state index is 12.7. The summed E-state index contributed by atoms with van der Waals surface area (Å²) in [4.78, 5) is 17.2. The second-order valence-electron chi connectivity index (χ2n) is 6.98. The highest BCUT2D eigenvalue weighted by Gasteiger charge is 2.23. The largest absolute Gasteiger partial charge is 0.344 e. The van der Waals surface area contributed by atoms with Gasteiger partial charge in [0.25, 0.3) is 5.91 Å². The quantitative estimate of drug-likeness (QED) is 0.700. The number of nitrogens with zero attached hydrogens (tertiary/aromatic N) is 1. The third-order valence-corrected chi connectivity index (χ3v) is 6.02. The maximum absolute atomic E-state index is 12.7. The Balaban J connectivity index is 1.43. The minimum Gasteiger partial charge on any atom is -0.344 e. The summed E-state index contributed by atoms with van der Waals surface area (Å²) in [5, 5.41) is 5.77. The van der Waals surface area contributed by atoms with Crippen LogP contribution in [0.25, 0.3) is 0 Å². The Morgan fingerprint density at radius 1 is 1.19 bits per heavy atom. The van der Waals surface area contributed by atoms with Crippen molar-refractivity contribution >= 4 is 17.2 Å². The first-order valence-corrected chi connectivity index (χ1v) is 10.2. The van der Waals surface area contributed by atoms with Gasteiger partial charge >= 0.3 is 0 Å². The monoisotopic (exact) mass is 377 g/mol. The van der Waals surface area contributed by atoms with E-state index in [1.807, 2.05) is 29.6 Å². The lowest BCUT2D eigenvalue weighted by Gasteiger charge is -2.26. The van der Waals surface area contributed by atoms with Gasteiger partial charge in [-0.15, -0.1) is 11.3 Å². The van der Waals surface area contributed by atoms with E-state index in [1.54, 1.807) is 0 Å². The molecule has 0 bridgehead atoms. The highest BCUT2D eigenvalue weighted by molar-refractivity contribution is 7.09. The topological polar surface area (TPSA) is 68.0 Å². The van der Waals surface area contributed by atoms with E-state index in [0.717, 1.165) is 24.3 Å². The molecule has 5 heteroatoms. The van der Waals surface area contributed by atoms with Crippen molar-refractivity contribution in [2.24, 2.45) is 5.73 Å². The fourth-order valence-corrected chi connectivity index (χ4v) is 4.45. The molecule has 4 rings (SSSR count). The lowest BCUT2D eigenvalue weighted by molar-refractivity contribution is 0.0928. The van der Waals surface area contributed by atoms with Crippen LogP contribution in [0.3, 0.4) is 0 Å². The minimum absolute atomic E-state index is 0.0607. The summed E-state index contributed by atoms with van der Waals surface area (Å²) in [6, 6.07) is 18.3. The van der Waals surface area contributed by atoms with Crippen LogP contribution in [0.15, 0.2) is 60.0 Å². The van der Waals surface area contributed by atoms with Crippen molar-refractivity contribution in [2.75, 3.05) is 0 Å². The number of carbonyl (C=O) groups excluding carboxylic acids is 1. The van der Waals surface area contributed by atoms with Gasteiger partial charge in [-0.2, -0.15) is 0 Å². The Bertz CT molecular complexity index is 922. The zero-order chi connectivity index (χ0) is 18.6. The van der Waals surface area contributed by atoms with Crippen molar-refractivity contribution in [2.45, 2.75) is 37.8 Å². The van der Waals surface area contributed by atoms with E-state index in [0.29, 0.717) is 12.1 Å². The summed E-state index contributed by atoms with van der Waals surface area (Å²) in [5.41, 5.74) is 10.5. The van der Waals surface area contributed by atoms with Gasteiger partial charge in [0.15, 0.2) is 0 Å². The second kappa shape index (κ2) is 8.03. The van der Waals surface area contributed by atoms with Crippen LogP contribution in [0, 0.1) is 0 Å². The number of aryl methyl sites for hydroxylation is 1. The standard InChI is InChI=1S/C22H23N3OS/c23-18(13-15-7-2-1-3-8-15)22-25-20(14-27-22)21(26)24-19-12-6-10-16-9-4-5-11-17(16)19/h1-5,7-9,11,14,18-19H,6,10,12-13,23H2,(H,24,26). The van der Waals surface area contributed by atoms with Gasteiger partial charge in [-0.05, 0) is 42.4 Å². The number of aromatic nitrogens is 1. The van der Waals surface area contributed by atoms with Crippen molar-refractivity contribution in [3.05, 3.63) is 87.4 Å². The van der Waals surface area contributed by atoms with E-state index in [-0.39, 0.29) is 18.0 Å². The fourth-order valence-electron chi connectivity index (χ4n) is 3.65. The number of rotatable bonds is 5. The predicted molar refractivity (Wildman–Crippen MR) is 109 cm³/mol. The minimum atomic E-state index is -0.200. The number of amides is 1. The predicted octanol–water partition coefficient (Wildman–Crippen LogP) is 4.19. The summed E-state index contributed by atoms with van der Waals surface area (Å²) < 4.78 is 0. The van der Waals surface area contributed by atoms with Crippen LogP contribution in [0.5, 0.6) is 0 Å². The Labute approximate surface area is 163 Å². The molecule has 0 aliphatic heterocycles. The molecule has 3 N–H and O–H groups in total. The molecule has 2 unspecified atom stereocenters. The molecule has 3 aromatic rings. The summed E-state index contributed by atoms with van der Waals surface area (Å²) >= 11 is 1.46. The second-order valence-corrected chi connectivity index (χ2v) is 7.87. The van der Waals surface area contributed by atoms with Crippen molar-refractivity contribution in [1.29, 1.82) is 0 Å². The van der Waals surface area contributed by atoms with Gasteiger partial charge in [0.2, 0.25) is 0 Å². The molecule has 1 amide bonds. The molecule has 4 nitrogen and oxygen atoms in total. The number of hydrogen-bond acceptors (Lipinski definition) is 4. The van der Waals surface area contributed by atoms with Gasteiger partial charge in [-0.1, -0.05) is 54.6 Å². The number of nitrogens with one attached hydrogen (secondary N) is 1. The first-order valence-electron chi connectivity index (χ1n) is 9.34. The summed E-state index contributed by atoms with van der Waals surface area (Å²) in [6.07, 6.45) is 3.85. The Hall–Kier alpha value is -2.50. The van der Waals surface area contributed by atoms with Gasteiger partial charge in [-0.3, -0.25) is 4.79 Å². The van der Waals surface area contributed by atoms with Crippen LogP contribution >= 0.6 is 11.3 Å². The molecular formula is C22H23N3OS. The third-order valence-electron chi connectivity index (χ3n) is 5.04. The number of carbonyl (C=O) groups is 1. The number of thiazole rings is 1. The molecule has 0 saturated carbocycles. The third kappa shape index (κ3) is 4.10.